The molecule has 0 bridgehead atoms. The molecule has 1 aromatic heterocycles. The van der Waals surface area contributed by atoms with Crippen LogP contribution in [-0.2, 0) is 4.79 Å². The summed E-state index contributed by atoms with van der Waals surface area (Å²) >= 11 is 0. The summed E-state index contributed by atoms with van der Waals surface area (Å²) in [4.78, 5) is 21.2. The number of aliphatic carboxylic acids is 1. The number of piperidine rings is 1. The van der Waals surface area contributed by atoms with Crippen molar-refractivity contribution in [3.05, 3.63) is 6.07 Å². The first-order valence-corrected chi connectivity index (χ1v) is 6.16. The third-order valence-corrected chi connectivity index (χ3v) is 3.36. The fourth-order valence-corrected chi connectivity index (χ4v) is 2.03. The topological polar surface area (TPSA) is 105 Å². The summed E-state index contributed by atoms with van der Waals surface area (Å²) in [7, 11) is 2.98. The molecule has 0 saturated carbocycles. The summed E-state index contributed by atoms with van der Waals surface area (Å²) in [5.41, 5.74) is -1.67. The minimum atomic E-state index is -1.67. The van der Waals surface area contributed by atoms with Gasteiger partial charge >= 0.3 is 5.97 Å². The van der Waals surface area contributed by atoms with Crippen LogP contribution >= 0.6 is 0 Å². The fourth-order valence-electron chi connectivity index (χ4n) is 2.03. The Morgan fingerprint density at radius 3 is 2.15 bits per heavy atom. The van der Waals surface area contributed by atoms with Crippen LogP contribution in [0.25, 0.3) is 0 Å². The lowest BCUT2D eigenvalue weighted by molar-refractivity contribution is -0.160. The minimum Gasteiger partial charge on any atom is -0.481 e. The molecule has 2 N–H and O–H groups in total. The van der Waals surface area contributed by atoms with Crippen LogP contribution in [0.1, 0.15) is 12.8 Å². The van der Waals surface area contributed by atoms with Crippen LogP contribution in [0.5, 0.6) is 11.8 Å². The van der Waals surface area contributed by atoms with E-state index in [0.717, 1.165) is 0 Å². The molecule has 0 unspecified atom stereocenters. The zero-order valence-electron chi connectivity index (χ0n) is 11.4. The Hall–Kier alpha value is -2.09. The van der Waals surface area contributed by atoms with Gasteiger partial charge < -0.3 is 24.6 Å². The van der Waals surface area contributed by atoms with E-state index in [0.29, 0.717) is 30.8 Å². The highest BCUT2D eigenvalue weighted by Crippen LogP contribution is 2.27. The van der Waals surface area contributed by atoms with Crippen molar-refractivity contribution >= 4 is 11.9 Å². The largest absolute Gasteiger partial charge is 0.481 e. The summed E-state index contributed by atoms with van der Waals surface area (Å²) < 4.78 is 10.1. The number of carboxylic acids is 1. The third-order valence-electron chi connectivity index (χ3n) is 3.36. The van der Waals surface area contributed by atoms with Crippen molar-refractivity contribution in [2.24, 2.45) is 0 Å². The Labute approximate surface area is 116 Å². The number of aliphatic hydroxyl groups is 1. The van der Waals surface area contributed by atoms with Crippen molar-refractivity contribution in [1.29, 1.82) is 0 Å². The molecule has 1 aromatic rings. The molecule has 1 fully saturated rings. The van der Waals surface area contributed by atoms with Gasteiger partial charge in [0.05, 0.1) is 20.3 Å². The molecule has 0 amide bonds. The quantitative estimate of drug-likeness (QED) is 0.790. The number of ether oxygens (including phenoxy) is 2. The highest BCUT2D eigenvalue weighted by atomic mass is 16.5. The first-order valence-electron chi connectivity index (χ1n) is 6.16. The number of anilines is 1. The van der Waals surface area contributed by atoms with Gasteiger partial charge in [0, 0.05) is 25.9 Å². The van der Waals surface area contributed by atoms with Crippen molar-refractivity contribution in [2.75, 3.05) is 32.2 Å². The molecule has 1 saturated heterocycles. The maximum Gasteiger partial charge on any atom is 0.335 e. The van der Waals surface area contributed by atoms with E-state index in [4.69, 9.17) is 14.6 Å². The molecule has 0 radical (unpaired) electrons. The van der Waals surface area contributed by atoms with Crippen LogP contribution in [0.3, 0.4) is 0 Å². The van der Waals surface area contributed by atoms with Gasteiger partial charge in [-0.3, -0.25) is 0 Å². The van der Waals surface area contributed by atoms with Gasteiger partial charge in [-0.2, -0.15) is 9.97 Å². The SMILES string of the molecule is COc1cc(OC)nc(N2CCC(O)(C(=O)O)CC2)n1. The maximum absolute atomic E-state index is 11.0. The highest BCUT2D eigenvalue weighted by molar-refractivity contribution is 5.77. The minimum absolute atomic E-state index is 0.116. The maximum atomic E-state index is 11.0. The Morgan fingerprint density at radius 2 is 1.75 bits per heavy atom. The second-order valence-electron chi connectivity index (χ2n) is 4.58. The van der Waals surface area contributed by atoms with Gasteiger partial charge in [0.1, 0.15) is 0 Å². The number of nitrogens with zero attached hydrogens (tertiary/aromatic N) is 3. The second kappa shape index (κ2) is 5.49. The monoisotopic (exact) mass is 283 g/mol. The third kappa shape index (κ3) is 2.74. The molecule has 110 valence electrons. The van der Waals surface area contributed by atoms with Gasteiger partial charge in [-0.05, 0) is 0 Å². The lowest BCUT2D eigenvalue weighted by Crippen LogP contribution is -2.49. The van der Waals surface area contributed by atoms with E-state index in [1.165, 1.54) is 14.2 Å². The number of aromatic nitrogens is 2. The number of rotatable bonds is 4. The van der Waals surface area contributed by atoms with E-state index in [9.17, 15) is 9.90 Å². The van der Waals surface area contributed by atoms with E-state index in [-0.39, 0.29) is 12.8 Å². The van der Waals surface area contributed by atoms with Crippen molar-refractivity contribution in [3.63, 3.8) is 0 Å². The van der Waals surface area contributed by atoms with Gasteiger partial charge in [-0.25, -0.2) is 4.79 Å². The lowest BCUT2D eigenvalue weighted by Gasteiger charge is -2.35. The average molecular weight is 283 g/mol. The molecule has 0 spiro atoms. The van der Waals surface area contributed by atoms with Crippen LogP contribution in [-0.4, -0.2) is 59.1 Å². The molecule has 8 heteroatoms. The van der Waals surface area contributed by atoms with Gasteiger partial charge in [0.2, 0.25) is 17.7 Å². The van der Waals surface area contributed by atoms with E-state index >= 15 is 0 Å². The molecule has 0 aromatic carbocycles. The number of methoxy groups -OCH3 is 2. The van der Waals surface area contributed by atoms with Crippen molar-refractivity contribution in [3.8, 4) is 11.8 Å². The van der Waals surface area contributed by atoms with E-state index in [1.807, 2.05) is 0 Å². The standard InChI is InChI=1S/C12H17N3O5/c1-19-8-7-9(20-2)14-11(13-8)15-5-3-12(18,4-6-15)10(16)17/h7,18H,3-6H2,1-2H3,(H,16,17). The Bertz CT molecular complexity index is 478. The molecule has 2 rings (SSSR count). The van der Waals surface area contributed by atoms with Crippen LogP contribution in [0.15, 0.2) is 6.07 Å². The summed E-state index contributed by atoms with van der Waals surface area (Å²) in [6, 6.07) is 1.56. The fraction of sp³-hybridized carbons (Fsp3) is 0.583. The molecule has 2 heterocycles. The van der Waals surface area contributed by atoms with Gasteiger partial charge in [0.15, 0.2) is 5.60 Å². The van der Waals surface area contributed by atoms with Crippen LogP contribution in [0.4, 0.5) is 5.95 Å². The van der Waals surface area contributed by atoms with Crippen molar-refractivity contribution < 1.29 is 24.5 Å². The number of carboxylic acid groups (broad SMARTS) is 1. The molecular formula is C12H17N3O5. The number of carbonyl (C=O) groups is 1. The molecule has 1 aliphatic rings. The first kappa shape index (κ1) is 14.3. The first-order chi connectivity index (χ1) is 9.48. The van der Waals surface area contributed by atoms with Crippen LogP contribution < -0.4 is 14.4 Å². The summed E-state index contributed by atoms with van der Waals surface area (Å²) in [6.45, 7) is 0.693. The second-order valence-corrected chi connectivity index (χ2v) is 4.58. The van der Waals surface area contributed by atoms with E-state index < -0.39 is 11.6 Å². The summed E-state index contributed by atoms with van der Waals surface area (Å²) in [6.07, 6.45) is 0.233. The van der Waals surface area contributed by atoms with Crippen LogP contribution in [0, 0.1) is 0 Å². The van der Waals surface area contributed by atoms with Gasteiger partial charge in [-0.1, -0.05) is 0 Å². The van der Waals surface area contributed by atoms with E-state index in [1.54, 1.807) is 11.0 Å². The Kier molecular flexibility index (Phi) is 3.93. The normalized spacial score (nSPS) is 17.6. The van der Waals surface area contributed by atoms with Gasteiger partial charge in [0.25, 0.3) is 0 Å². The van der Waals surface area contributed by atoms with Crippen molar-refractivity contribution in [1.82, 2.24) is 9.97 Å². The highest BCUT2D eigenvalue weighted by Gasteiger charge is 2.40. The molecule has 20 heavy (non-hydrogen) atoms. The molecule has 0 aliphatic carbocycles. The number of hydrogen-bond acceptors (Lipinski definition) is 7. The summed E-state index contributed by atoms with van der Waals surface area (Å²) in [5.74, 6) is -0.0632. The smallest absolute Gasteiger partial charge is 0.335 e. The molecular weight excluding hydrogens is 266 g/mol. The summed E-state index contributed by atoms with van der Waals surface area (Å²) in [5, 5.41) is 18.9. The lowest BCUT2D eigenvalue weighted by atomic mass is 9.92. The predicted molar refractivity (Wildman–Crippen MR) is 69.2 cm³/mol. The zero-order chi connectivity index (χ0) is 14.8. The Balaban J connectivity index is 2.16. The average Bonchev–Trinajstić information content (AvgIpc) is 2.47. The zero-order valence-corrected chi connectivity index (χ0v) is 11.4. The van der Waals surface area contributed by atoms with Crippen molar-refractivity contribution in [2.45, 2.75) is 18.4 Å². The van der Waals surface area contributed by atoms with Gasteiger partial charge in [-0.15, -0.1) is 0 Å². The molecule has 0 atom stereocenters. The van der Waals surface area contributed by atoms with E-state index in [2.05, 4.69) is 9.97 Å². The molecule has 8 nitrogen and oxygen atoms in total. The Morgan fingerprint density at radius 1 is 1.25 bits per heavy atom. The molecule has 1 aliphatic heterocycles. The number of hydrogen-bond donors (Lipinski definition) is 2. The van der Waals surface area contributed by atoms with Crippen LogP contribution in [0.2, 0.25) is 0 Å². The predicted octanol–water partition coefficient (Wildman–Crippen LogP) is -0.0903.